The van der Waals surface area contributed by atoms with Crippen molar-refractivity contribution in [2.45, 2.75) is 24.3 Å². The summed E-state index contributed by atoms with van der Waals surface area (Å²) in [6, 6.07) is 4.12. The van der Waals surface area contributed by atoms with Crippen LogP contribution in [0, 0.1) is 5.92 Å². The molecule has 0 spiro atoms. The van der Waals surface area contributed by atoms with Gasteiger partial charge in [0.1, 0.15) is 0 Å². The van der Waals surface area contributed by atoms with Crippen LogP contribution < -0.4 is 4.74 Å². The van der Waals surface area contributed by atoms with E-state index in [1.807, 2.05) is 6.07 Å². The van der Waals surface area contributed by atoms with Crippen LogP contribution in [0.2, 0.25) is 0 Å². The lowest BCUT2D eigenvalue weighted by atomic mass is 10.0. The van der Waals surface area contributed by atoms with Crippen LogP contribution in [0.15, 0.2) is 12.1 Å². The molecule has 4 heteroatoms. The van der Waals surface area contributed by atoms with Crippen LogP contribution in [-0.2, 0) is 4.74 Å². The molecule has 15 heavy (non-hydrogen) atoms. The van der Waals surface area contributed by atoms with Crippen LogP contribution in [0.25, 0.3) is 0 Å². The zero-order valence-corrected chi connectivity index (χ0v) is 11.3. The van der Waals surface area contributed by atoms with Crippen molar-refractivity contribution < 1.29 is 9.47 Å². The van der Waals surface area contributed by atoms with Gasteiger partial charge in [0.2, 0.25) is 0 Å². The van der Waals surface area contributed by atoms with Crippen LogP contribution in [0.4, 0.5) is 0 Å². The Bertz CT molecular complexity index is 326. The van der Waals surface area contributed by atoms with Crippen molar-refractivity contribution in [2.24, 2.45) is 5.92 Å². The largest absolute Gasteiger partial charge is 0.487 e. The number of hydrogen-bond donors (Lipinski definition) is 0. The van der Waals surface area contributed by atoms with Gasteiger partial charge in [0.15, 0.2) is 5.06 Å². The molecule has 1 aliphatic heterocycles. The summed E-state index contributed by atoms with van der Waals surface area (Å²) >= 11 is 5.41. The minimum atomic E-state index is 0.295. The highest BCUT2D eigenvalue weighted by molar-refractivity contribution is 9.09. The van der Waals surface area contributed by atoms with Crippen molar-refractivity contribution in [2.75, 3.05) is 13.7 Å². The molecule has 2 rings (SSSR count). The van der Waals surface area contributed by atoms with Crippen molar-refractivity contribution in [3.63, 3.8) is 0 Å². The van der Waals surface area contributed by atoms with Crippen LogP contribution in [0.3, 0.4) is 0 Å². The van der Waals surface area contributed by atoms with Gasteiger partial charge in [-0.2, -0.15) is 0 Å². The molecular weight excluding hydrogens is 276 g/mol. The standard InChI is InChI=1S/C11H15BrO2S/c1-7-5-6-14-11(7)10(12)8-3-4-9(13-2)15-8/h3-4,7,10-11H,5-6H2,1-2H3. The molecule has 0 amide bonds. The number of rotatable bonds is 3. The number of methoxy groups -OCH3 is 1. The van der Waals surface area contributed by atoms with Gasteiger partial charge in [0, 0.05) is 11.5 Å². The van der Waals surface area contributed by atoms with Crippen LogP contribution in [0.5, 0.6) is 5.06 Å². The van der Waals surface area contributed by atoms with Gasteiger partial charge in [0.05, 0.1) is 18.0 Å². The molecule has 1 aromatic rings. The van der Waals surface area contributed by atoms with Crippen molar-refractivity contribution in [1.82, 2.24) is 0 Å². The molecule has 0 saturated carbocycles. The minimum absolute atomic E-state index is 0.295. The van der Waals surface area contributed by atoms with E-state index in [9.17, 15) is 0 Å². The Morgan fingerprint density at radius 3 is 2.93 bits per heavy atom. The summed E-state index contributed by atoms with van der Waals surface area (Å²) in [5.41, 5.74) is 0. The number of ether oxygens (including phenoxy) is 2. The van der Waals surface area contributed by atoms with Crippen molar-refractivity contribution in [3.05, 3.63) is 17.0 Å². The van der Waals surface area contributed by atoms with Gasteiger partial charge in [-0.25, -0.2) is 0 Å². The lowest BCUT2D eigenvalue weighted by Gasteiger charge is -2.19. The maximum absolute atomic E-state index is 5.74. The number of halogens is 1. The minimum Gasteiger partial charge on any atom is -0.487 e. The third-order valence-electron chi connectivity index (χ3n) is 2.81. The monoisotopic (exact) mass is 290 g/mol. The van der Waals surface area contributed by atoms with Gasteiger partial charge in [-0.15, -0.1) is 11.3 Å². The number of alkyl halides is 1. The van der Waals surface area contributed by atoms with Gasteiger partial charge in [-0.05, 0) is 24.5 Å². The third kappa shape index (κ3) is 2.37. The Kier molecular flexibility index (Phi) is 3.69. The molecule has 1 saturated heterocycles. The van der Waals surface area contributed by atoms with E-state index in [0.29, 0.717) is 16.8 Å². The van der Waals surface area contributed by atoms with Crippen molar-refractivity contribution in [1.29, 1.82) is 0 Å². The lowest BCUT2D eigenvalue weighted by molar-refractivity contribution is 0.0941. The number of hydrogen-bond acceptors (Lipinski definition) is 3. The Morgan fingerprint density at radius 2 is 2.40 bits per heavy atom. The van der Waals surface area contributed by atoms with E-state index in [-0.39, 0.29) is 0 Å². The second-order valence-corrected chi connectivity index (χ2v) is 5.93. The van der Waals surface area contributed by atoms with Gasteiger partial charge in [-0.1, -0.05) is 22.9 Å². The van der Waals surface area contributed by atoms with E-state index < -0.39 is 0 Å². The predicted molar refractivity (Wildman–Crippen MR) is 66.1 cm³/mol. The summed E-state index contributed by atoms with van der Waals surface area (Å²) in [5.74, 6) is 0.627. The Morgan fingerprint density at radius 1 is 1.60 bits per heavy atom. The number of thiophene rings is 1. The van der Waals surface area contributed by atoms with Crippen LogP contribution >= 0.6 is 27.3 Å². The zero-order valence-electron chi connectivity index (χ0n) is 8.90. The fraction of sp³-hybridized carbons (Fsp3) is 0.636. The first-order chi connectivity index (χ1) is 7.22. The molecule has 1 aromatic heterocycles. The van der Waals surface area contributed by atoms with E-state index in [0.717, 1.165) is 18.1 Å². The molecule has 0 radical (unpaired) electrons. The first kappa shape index (κ1) is 11.4. The first-order valence-corrected chi connectivity index (χ1v) is 6.85. The van der Waals surface area contributed by atoms with E-state index in [1.54, 1.807) is 18.4 Å². The normalized spacial score (nSPS) is 27.9. The quantitative estimate of drug-likeness (QED) is 0.792. The first-order valence-electron chi connectivity index (χ1n) is 5.11. The molecule has 2 nitrogen and oxygen atoms in total. The summed E-state index contributed by atoms with van der Waals surface area (Å²) in [4.78, 5) is 1.58. The summed E-state index contributed by atoms with van der Waals surface area (Å²) in [5, 5.41) is 0.958. The highest BCUT2D eigenvalue weighted by atomic mass is 79.9. The molecule has 3 unspecified atom stereocenters. The summed E-state index contributed by atoms with van der Waals surface area (Å²) in [7, 11) is 1.70. The smallest absolute Gasteiger partial charge is 0.173 e. The molecule has 2 heterocycles. The van der Waals surface area contributed by atoms with E-state index in [1.165, 1.54) is 4.88 Å². The highest BCUT2D eigenvalue weighted by Gasteiger charge is 2.32. The van der Waals surface area contributed by atoms with Crippen LogP contribution in [-0.4, -0.2) is 19.8 Å². The summed E-state index contributed by atoms with van der Waals surface area (Å²) < 4.78 is 10.9. The SMILES string of the molecule is COc1ccc(C(Br)C2OCCC2C)s1. The summed E-state index contributed by atoms with van der Waals surface area (Å²) in [6.45, 7) is 3.13. The molecule has 0 aromatic carbocycles. The molecule has 3 atom stereocenters. The van der Waals surface area contributed by atoms with Crippen LogP contribution in [0.1, 0.15) is 23.0 Å². The van der Waals surface area contributed by atoms with Gasteiger partial charge >= 0.3 is 0 Å². The lowest BCUT2D eigenvalue weighted by Crippen LogP contribution is -2.18. The zero-order chi connectivity index (χ0) is 10.8. The Labute approximate surface area is 103 Å². The second-order valence-electron chi connectivity index (χ2n) is 3.86. The third-order valence-corrected chi connectivity index (χ3v) is 5.25. The molecule has 84 valence electrons. The maximum atomic E-state index is 5.74. The molecular formula is C11H15BrO2S. The molecule has 0 N–H and O–H groups in total. The Balaban J connectivity index is 2.09. The van der Waals surface area contributed by atoms with E-state index in [2.05, 4.69) is 28.9 Å². The van der Waals surface area contributed by atoms with Gasteiger partial charge in [0.25, 0.3) is 0 Å². The molecule has 1 aliphatic rings. The van der Waals surface area contributed by atoms with Gasteiger partial charge < -0.3 is 9.47 Å². The molecule has 0 bridgehead atoms. The fourth-order valence-electron chi connectivity index (χ4n) is 1.85. The summed E-state index contributed by atoms with van der Waals surface area (Å²) in [6.07, 6.45) is 1.46. The van der Waals surface area contributed by atoms with Crippen molar-refractivity contribution >= 4 is 27.3 Å². The second kappa shape index (κ2) is 4.85. The van der Waals surface area contributed by atoms with E-state index >= 15 is 0 Å². The molecule has 1 fully saturated rings. The van der Waals surface area contributed by atoms with Crippen molar-refractivity contribution in [3.8, 4) is 5.06 Å². The topological polar surface area (TPSA) is 18.5 Å². The van der Waals surface area contributed by atoms with Gasteiger partial charge in [-0.3, -0.25) is 0 Å². The average Bonchev–Trinajstić information content (AvgIpc) is 2.84. The fourth-order valence-corrected chi connectivity index (χ4v) is 3.79. The highest BCUT2D eigenvalue weighted by Crippen LogP contribution is 2.41. The predicted octanol–water partition coefficient (Wildman–Crippen LogP) is 3.62. The average molecular weight is 291 g/mol. The molecule has 0 aliphatic carbocycles. The maximum Gasteiger partial charge on any atom is 0.173 e. The Hall–Kier alpha value is -0.0600. The van der Waals surface area contributed by atoms with E-state index in [4.69, 9.17) is 9.47 Å².